The summed E-state index contributed by atoms with van der Waals surface area (Å²) in [7, 11) is 0. The van der Waals surface area contributed by atoms with Gasteiger partial charge in [-0.15, -0.1) is 11.8 Å². The molecular formula is C21H38N2O5S. The van der Waals surface area contributed by atoms with Crippen LogP contribution in [0.2, 0.25) is 0 Å². The molecule has 3 unspecified atom stereocenters. The largest absolute Gasteiger partial charge is 0.388 e. The van der Waals surface area contributed by atoms with E-state index in [1.54, 1.807) is 6.26 Å². The van der Waals surface area contributed by atoms with E-state index in [-0.39, 0.29) is 17.9 Å². The molecule has 0 radical (unpaired) electrons. The maximum absolute atomic E-state index is 12.9. The Morgan fingerprint density at radius 3 is 2.41 bits per heavy atom. The van der Waals surface area contributed by atoms with Crippen molar-refractivity contribution in [3.05, 3.63) is 0 Å². The van der Waals surface area contributed by atoms with Crippen LogP contribution in [0.5, 0.6) is 0 Å². The van der Waals surface area contributed by atoms with Crippen molar-refractivity contribution in [3.63, 3.8) is 0 Å². The predicted molar refractivity (Wildman–Crippen MR) is 113 cm³/mol. The van der Waals surface area contributed by atoms with Gasteiger partial charge in [-0.2, -0.15) is 0 Å². The summed E-state index contributed by atoms with van der Waals surface area (Å²) < 4.78 is 5.89. The summed E-state index contributed by atoms with van der Waals surface area (Å²) in [6.07, 6.45) is 4.68. The van der Waals surface area contributed by atoms with Crippen LogP contribution in [0.4, 0.5) is 0 Å². The number of aliphatic hydroxyl groups is 3. The van der Waals surface area contributed by atoms with E-state index in [0.29, 0.717) is 5.92 Å². The monoisotopic (exact) mass is 430 g/mol. The van der Waals surface area contributed by atoms with Gasteiger partial charge in [0.25, 0.3) is 0 Å². The van der Waals surface area contributed by atoms with Gasteiger partial charge in [-0.1, -0.05) is 39.5 Å². The number of rotatable bonds is 8. The number of ether oxygens (including phenoxy) is 1. The third-order valence-electron chi connectivity index (χ3n) is 6.97. The molecule has 29 heavy (non-hydrogen) atoms. The van der Waals surface area contributed by atoms with E-state index < -0.39 is 35.9 Å². The number of carbonyl (C=O) groups excluding carboxylic acids is 1. The van der Waals surface area contributed by atoms with Crippen molar-refractivity contribution in [1.82, 2.24) is 10.6 Å². The first-order valence-electron chi connectivity index (χ1n) is 11.1. The fourth-order valence-corrected chi connectivity index (χ4v) is 5.42. The second-order valence-electron chi connectivity index (χ2n) is 9.39. The molecule has 2 aliphatic heterocycles. The molecule has 2 heterocycles. The van der Waals surface area contributed by atoms with Crippen LogP contribution in [0.3, 0.4) is 0 Å². The fraction of sp³-hybridized carbons (Fsp3) is 0.952. The van der Waals surface area contributed by atoms with Gasteiger partial charge < -0.3 is 30.7 Å². The molecule has 8 heteroatoms. The van der Waals surface area contributed by atoms with E-state index in [2.05, 4.69) is 10.6 Å². The Balaban J connectivity index is 1.56. The maximum atomic E-state index is 12.9. The van der Waals surface area contributed by atoms with Gasteiger partial charge >= 0.3 is 0 Å². The molecule has 3 rings (SSSR count). The summed E-state index contributed by atoms with van der Waals surface area (Å²) in [5, 5.41) is 37.2. The van der Waals surface area contributed by atoms with E-state index in [1.807, 2.05) is 13.8 Å². The Hall–Kier alpha value is -0.380. The first-order valence-corrected chi connectivity index (χ1v) is 12.4. The zero-order valence-electron chi connectivity index (χ0n) is 17.8. The second kappa shape index (κ2) is 10.3. The molecule has 7 nitrogen and oxygen atoms in total. The summed E-state index contributed by atoms with van der Waals surface area (Å²) >= 11 is 1.28. The van der Waals surface area contributed by atoms with Crippen LogP contribution in [0.25, 0.3) is 0 Å². The van der Waals surface area contributed by atoms with Crippen LogP contribution >= 0.6 is 11.8 Å². The van der Waals surface area contributed by atoms with Gasteiger partial charge in [0, 0.05) is 0 Å². The summed E-state index contributed by atoms with van der Waals surface area (Å²) in [5.74, 6) is 1.36. The highest BCUT2D eigenvalue weighted by molar-refractivity contribution is 7.99. The van der Waals surface area contributed by atoms with Crippen LogP contribution in [-0.2, 0) is 9.53 Å². The Labute approximate surface area is 178 Å². The summed E-state index contributed by atoms with van der Waals surface area (Å²) in [4.78, 5) is 12.9. The quantitative estimate of drug-likeness (QED) is 0.388. The standard InChI is InChI=1S/C21H38N2O5S/c1-11(2)15(19-17(25)16(24)18(26)21(28-19)29-3)23-20(27)14-9-13(10-22-14)8-7-12-5-4-6-12/h11-19,21-22,24-26H,4-10H2,1-3H3,(H,23,27)/t13?,14?,15?,16-,17+,18+,19+,21+/m1/s1. The summed E-state index contributed by atoms with van der Waals surface area (Å²) in [6.45, 7) is 4.78. The molecule has 168 valence electrons. The zero-order valence-corrected chi connectivity index (χ0v) is 18.6. The molecule has 1 amide bonds. The molecule has 1 aliphatic carbocycles. The van der Waals surface area contributed by atoms with E-state index in [4.69, 9.17) is 4.74 Å². The molecule has 0 bridgehead atoms. The van der Waals surface area contributed by atoms with Crippen molar-refractivity contribution in [2.75, 3.05) is 12.8 Å². The van der Waals surface area contributed by atoms with Crippen LogP contribution in [-0.4, -0.2) is 76.0 Å². The third kappa shape index (κ3) is 5.46. The van der Waals surface area contributed by atoms with Crippen LogP contribution in [0, 0.1) is 17.8 Å². The van der Waals surface area contributed by atoms with Crippen molar-refractivity contribution in [1.29, 1.82) is 0 Å². The Bertz CT molecular complexity index is 545. The molecule has 8 atom stereocenters. The van der Waals surface area contributed by atoms with Gasteiger partial charge in [0.15, 0.2) is 0 Å². The van der Waals surface area contributed by atoms with E-state index in [1.165, 1.54) is 43.9 Å². The third-order valence-corrected chi connectivity index (χ3v) is 7.82. The molecule has 1 saturated carbocycles. The number of carbonyl (C=O) groups is 1. The van der Waals surface area contributed by atoms with E-state index in [0.717, 1.165) is 18.9 Å². The lowest BCUT2D eigenvalue weighted by molar-refractivity contribution is -0.208. The molecule has 5 N–H and O–H groups in total. The van der Waals surface area contributed by atoms with Crippen molar-refractivity contribution < 1.29 is 24.9 Å². The molecule has 0 aromatic carbocycles. The van der Waals surface area contributed by atoms with Crippen molar-refractivity contribution in [2.24, 2.45) is 17.8 Å². The minimum atomic E-state index is -1.30. The average Bonchev–Trinajstić information content (AvgIpc) is 3.12. The molecular weight excluding hydrogens is 392 g/mol. The Kier molecular flexibility index (Phi) is 8.26. The van der Waals surface area contributed by atoms with E-state index >= 15 is 0 Å². The minimum Gasteiger partial charge on any atom is -0.388 e. The highest BCUT2D eigenvalue weighted by Gasteiger charge is 2.47. The van der Waals surface area contributed by atoms with E-state index in [9.17, 15) is 20.1 Å². The molecule has 3 fully saturated rings. The van der Waals surface area contributed by atoms with Gasteiger partial charge in [0.05, 0.1) is 12.1 Å². The van der Waals surface area contributed by atoms with Gasteiger partial charge in [-0.3, -0.25) is 4.79 Å². The topological polar surface area (TPSA) is 111 Å². The Morgan fingerprint density at radius 2 is 1.83 bits per heavy atom. The highest BCUT2D eigenvalue weighted by Crippen LogP contribution is 2.33. The predicted octanol–water partition coefficient (Wildman–Crippen LogP) is 0.856. The number of thioether (sulfide) groups is 1. The second-order valence-corrected chi connectivity index (χ2v) is 10.3. The van der Waals surface area contributed by atoms with Crippen molar-refractivity contribution in [2.45, 2.75) is 94.3 Å². The van der Waals surface area contributed by atoms with Gasteiger partial charge in [-0.05, 0) is 43.4 Å². The van der Waals surface area contributed by atoms with Crippen molar-refractivity contribution >= 4 is 17.7 Å². The molecule has 0 aromatic heterocycles. The van der Waals surface area contributed by atoms with Gasteiger partial charge in [-0.25, -0.2) is 0 Å². The van der Waals surface area contributed by atoms with Crippen molar-refractivity contribution in [3.8, 4) is 0 Å². The van der Waals surface area contributed by atoms with Gasteiger partial charge in [0.2, 0.25) is 5.91 Å². The lowest BCUT2D eigenvalue weighted by Crippen LogP contribution is -2.64. The zero-order chi connectivity index (χ0) is 21.1. The first-order chi connectivity index (χ1) is 13.8. The molecule has 0 spiro atoms. The number of aliphatic hydroxyl groups excluding tert-OH is 3. The highest BCUT2D eigenvalue weighted by atomic mass is 32.2. The number of hydrogen-bond acceptors (Lipinski definition) is 7. The van der Waals surface area contributed by atoms with Crippen LogP contribution in [0.1, 0.15) is 52.4 Å². The number of nitrogens with one attached hydrogen (secondary N) is 2. The van der Waals surface area contributed by atoms with Crippen LogP contribution in [0.15, 0.2) is 0 Å². The smallest absolute Gasteiger partial charge is 0.237 e. The average molecular weight is 431 g/mol. The molecule has 0 aromatic rings. The summed E-state index contributed by atoms with van der Waals surface area (Å²) in [5.41, 5.74) is -0.642. The fourth-order valence-electron chi connectivity index (χ4n) is 4.74. The maximum Gasteiger partial charge on any atom is 0.237 e. The van der Waals surface area contributed by atoms with Gasteiger partial charge in [0.1, 0.15) is 29.9 Å². The summed E-state index contributed by atoms with van der Waals surface area (Å²) in [6, 6.07) is -0.680. The van der Waals surface area contributed by atoms with Crippen LogP contribution < -0.4 is 10.6 Å². The molecule has 2 saturated heterocycles. The lowest BCUT2D eigenvalue weighted by Gasteiger charge is -2.44. The number of amides is 1. The normalized spacial score (nSPS) is 39.3. The SMILES string of the molecule is CS[C@@H]1O[C@@H](C(NC(=O)C2CC(CCC3CCC3)CN2)C(C)C)[C@@H](O)[C@@H](O)[C@@H]1O. The number of hydrogen-bond donors (Lipinski definition) is 5. The minimum absolute atomic E-state index is 0.000587. The first kappa shape index (κ1) is 23.3. The molecule has 3 aliphatic rings. The lowest BCUT2D eigenvalue weighted by atomic mass is 9.80. The Morgan fingerprint density at radius 1 is 1.14 bits per heavy atom.